The van der Waals surface area contributed by atoms with E-state index in [2.05, 4.69) is 5.32 Å². The summed E-state index contributed by atoms with van der Waals surface area (Å²) in [4.78, 5) is 11.4. The van der Waals surface area contributed by atoms with Crippen LogP contribution in [0.3, 0.4) is 0 Å². The smallest absolute Gasteiger partial charge is 0.256 e. The zero-order chi connectivity index (χ0) is 11.4. The lowest BCUT2D eigenvalue weighted by atomic mass is 10.1. The standard InChI is InChI=1S/C11H11NO.C2H6/c1-7(2)10-8-5-3-4-6-9(8)11(13)12-10;1-2/h3-6H,1-2H3,(H,12,13);1-2H3. The molecule has 2 heteroatoms. The van der Waals surface area contributed by atoms with E-state index in [1.54, 1.807) is 0 Å². The molecule has 0 saturated heterocycles. The van der Waals surface area contributed by atoms with Crippen molar-refractivity contribution in [3.8, 4) is 0 Å². The van der Waals surface area contributed by atoms with Gasteiger partial charge in [0.05, 0.1) is 0 Å². The van der Waals surface area contributed by atoms with Crippen molar-refractivity contribution in [1.29, 1.82) is 0 Å². The van der Waals surface area contributed by atoms with Gasteiger partial charge in [-0.25, -0.2) is 0 Å². The summed E-state index contributed by atoms with van der Waals surface area (Å²) in [5, 5.41) is 2.86. The Hall–Kier alpha value is -1.57. The number of hydrogen-bond donors (Lipinski definition) is 1. The molecule has 1 heterocycles. The third-order valence-electron chi connectivity index (χ3n) is 2.18. The highest BCUT2D eigenvalue weighted by molar-refractivity contribution is 6.09. The van der Waals surface area contributed by atoms with E-state index >= 15 is 0 Å². The van der Waals surface area contributed by atoms with Crippen LogP contribution in [0.15, 0.2) is 29.8 Å². The third kappa shape index (κ3) is 2.09. The van der Waals surface area contributed by atoms with Crippen molar-refractivity contribution < 1.29 is 4.79 Å². The molecule has 0 radical (unpaired) electrons. The molecule has 1 N–H and O–H groups in total. The van der Waals surface area contributed by atoms with Crippen molar-refractivity contribution in [2.45, 2.75) is 27.7 Å². The number of amides is 1. The van der Waals surface area contributed by atoms with Crippen molar-refractivity contribution in [3.05, 3.63) is 41.0 Å². The Bertz CT molecular complexity index is 401. The van der Waals surface area contributed by atoms with E-state index in [1.807, 2.05) is 52.0 Å². The second-order valence-electron chi connectivity index (χ2n) is 3.37. The van der Waals surface area contributed by atoms with Crippen LogP contribution >= 0.6 is 0 Å². The van der Waals surface area contributed by atoms with Gasteiger partial charge < -0.3 is 5.32 Å². The zero-order valence-electron chi connectivity index (χ0n) is 9.72. The van der Waals surface area contributed by atoms with Crippen LogP contribution in [0.2, 0.25) is 0 Å². The average Bonchev–Trinajstić information content (AvgIpc) is 2.60. The Kier molecular flexibility index (Phi) is 3.67. The van der Waals surface area contributed by atoms with Crippen LogP contribution in [0.25, 0.3) is 5.70 Å². The Morgan fingerprint density at radius 2 is 1.60 bits per heavy atom. The van der Waals surface area contributed by atoms with Crippen molar-refractivity contribution in [3.63, 3.8) is 0 Å². The molecule has 1 aromatic rings. The third-order valence-corrected chi connectivity index (χ3v) is 2.18. The normalized spacial score (nSPS) is 12.5. The van der Waals surface area contributed by atoms with E-state index in [1.165, 1.54) is 0 Å². The first-order chi connectivity index (χ1) is 7.20. The first kappa shape index (κ1) is 11.5. The summed E-state index contributed by atoms with van der Waals surface area (Å²) in [6.45, 7) is 8.00. The number of hydrogen-bond acceptors (Lipinski definition) is 1. The average molecular weight is 203 g/mol. The number of rotatable bonds is 0. The Balaban J connectivity index is 0.000000531. The van der Waals surface area contributed by atoms with Gasteiger partial charge >= 0.3 is 0 Å². The lowest BCUT2D eigenvalue weighted by Crippen LogP contribution is -2.12. The summed E-state index contributed by atoms with van der Waals surface area (Å²) in [6.07, 6.45) is 0. The van der Waals surface area contributed by atoms with Crippen LogP contribution in [0.1, 0.15) is 43.6 Å². The van der Waals surface area contributed by atoms with Crippen LogP contribution in [0, 0.1) is 0 Å². The molecule has 1 aromatic carbocycles. The monoisotopic (exact) mass is 203 g/mol. The number of benzene rings is 1. The number of nitrogens with one attached hydrogen (secondary N) is 1. The van der Waals surface area contributed by atoms with Gasteiger partial charge in [-0.15, -0.1) is 0 Å². The molecule has 0 aromatic heterocycles. The summed E-state index contributed by atoms with van der Waals surface area (Å²) in [6, 6.07) is 7.64. The molecule has 15 heavy (non-hydrogen) atoms. The van der Waals surface area contributed by atoms with Gasteiger partial charge in [0.25, 0.3) is 5.91 Å². The van der Waals surface area contributed by atoms with Crippen molar-refractivity contribution in [1.82, 2.24) is 5.32 Å². The number of carbonyl (C=O) groups is 1. The molecule has 0 unspecified atom stereocenters. The summed E-state index contributed by atoms with van der Waals surface area (Å²) in [5.41, 5.74) is 3.89. The molecule has 2 rings (SSSR count). The first-order valence-electron chi connectivity index (χ1n) is 5.28. The van der Waals surface area contributed by atoms with Gasteiger partial charge in [0, 0.05) is 16.8 Å². The second-order valence-corrected chi connectivity index (χ2v) is 3.37. The fraction of sp³-hybridized carbons (Fsp3) is 0.308. The van der Waals surface area contributed by atoms with Crippen LogP contribution in [-0.2, 0) is 0 Å². The van der Waals surface area contributed by atoms with Crippen LogP contribution in [0.4, 0.5) is 0 Å². The van der Waals surface area contributed by atoms with E-state index in [0.717, 1.165) is 22.4 Å². The molecule has 0 atom stereocenters. The van der Waals surface area contributed by atoms with Crippen molar-refractivity contribution in [2.75, 3.05) is 0 Å². The van der Waals surface area contributed by atoms with Crippen LogP contribution in [0.5, 0.6) is 0 Å². The van der Waals surface area contributed by atoms with Gasteiger partial charge in [0.2, 0.25) is 0 Å². The molecule has 0 aliphatic carbocycles. The summed E-state index contributed by atoms with van der Waals surface area (Å²) in [7, 11) is 0. The summed E-state index contributed by atoms with van der Waals surface area (Å²) in [5.74, 6) is 0.00630. The minimum absolute atomic E-state index is 0.00630. The highest BCUT2D eigenvalue weighted by Gasteiger charge is 2.22. The lowest BCUT2D eigenvalue weighted by Gasteiger charge is -2.00. The molecule has 1 amide bonds. The maximum atomic E-state index is 11.4. The maximum absolute atomic E-state index is 11.4. The molecular weight excluding hydrogens is 186 g/mol. The summed E-state index contributed by atoms with van der Waals surface area (Å²) >= 11 is 0. The minimum atomic E-state index is 0.00630. The van der Waals surface area contributed by atoms with E-state index in [0.29, 0.717) is 0 Å². The molecular formula is C13H17NO. The van der Waals surface area contributed by atoms with Crippen molar-refractivity contribution >= 4 is 11.6 Å². The Morgan fingerprint density at radius 3 is 2.13 bits per heavy atom. The van der Waals surface area contributed by atoms with Crippen molar-refractivity contribution in [2.24, 2.45) is 0 Å². The van der Waals surface area contributed by atoms with Gasteiger partial charge in [-0.2, -0.15) is 0 Å². The highest BCUT2D eigenvalue weighted by Crippen LogP contribution is 2.25. The molecule has 1 aliphatic rings. The Morgan fingerprint density at radius 1 is 1.07 bits per heavy atom. The summed E-state index contributed by atoms with van der Waals surface area (Å²) < 4.78 is 0. The molecule has 1 aliphatic heterocycles. The zero-order valence-corrected chi connectivity index (χ0v) is 9.72. The minimum Gasteiger partial charge on any atom is -0.321 e. The Labute approximate surface area is 91.0 Å². The van der Waals surface area contributed by atoms with Gasteiger partial charge in [0.15, 0.2) is 0 Å². The molecule has 2 nitrogen and oxygen atoms in total. The number of carbonyl (C=O) groups excluding carboxylic acids is 1. The SMILES string of the molecule is CC.CC(C)=C1NC(=O)c2ccccc21. The largest absolute Gasteiger partial charge is 0.321 e. The predicted molar refractivity (Wildman–Crippen MR) is 63.5 cm³/mol. The van der Waals surface area contributed by atoms with Gasteiger partial charge in [-0.1, -0.05) is 37.6 Å². The number of fused-ring (bicyclic) bond motifs is 1. The van der Waals surface area contributed by atoms with Crippen LogP contribution in [-0.4, -0.2) is 5.91 Å². The van der Waals surface area contributed by atoms with Crippen LogP contribution < -0.4 is 5.32 Å². The van der Waals surface area contributed by atoms with Gasteiger partial charge in [-0.05, 0) is 19.9 Å². The van der Waals surface area contributed by atoms with Gasteiger partial charge in [0.1, 0.15) is 0 Å². The van der Waals surface area contributed by atoms with E-state index in [9.17, 15) is 4.79 Å². The second kappa shape index (κ2) is 4.78. The number of allylic oxidation sites excluding steroid dienone is 1. The van der Waals surface area contributed by atoms with E-state index in [-0.39, 0.29) is 5.91 Å². The fourth-order valence-corrected chi connectivity index (χ4v) is 1.54. The molecule has 0 saturated carbocycles. The molecule has 0 bridgehead atoms. The molecule has 0 fully saturated rings. The molecule has 0 spiro atoms. The highest BCUT2D eigenvalue weighted by atomic mass is 16.1. The topological polar surface area (TPSA) is 29.1 Å². The van der Waals surface area contributed by atoms with Gasteiger partial charge in [-0.3, -0.25) is 4.79 Å². The first-order valence-corrected chi connectivity index (χ1v) is 5.28. The molecule has 80 valence electrons. The maximum Gasteiger partial charge on any atom is 0.256 e. The van der Waals surface area contributed by atoms with E-state index in [4.69, 9.17) is 0 Å². The van der Waals surface area contributed by atoms with E-state index < -0.39 is 0 Å². The lowest BCUT2D eigenvalue weighted by molar-refractivity contribution is 0.0981. The quantitative estimate of drug-likeness (QED) is 0.689. The predicted octanol–water partition coefficient (Wildman–Crippen LogP) is 3.21. The fourth-order valence-electron chi connectivity index (χ4n) is 1.54.